The minimum atomic E-state index is 0.190. The monoisotopic (exact) mass is 318 g/mol. The Morgan fingerprint density at radius 1 is 1.40 bits per heavy atom. The van der Waals surface area contributed by atoms with Gasteiger partial charge in [-0.05, 0) is 12.8 Å². The summed E-state index contributed by atoms with van der Waals surface area (Å²) in [5.74, 6) is 1.16. The predicted molar refractivity (Wildman–Crippen MR) is 83.5 cm³/mol. The van der Waals surface area contributed by atoms with E-state index in [-0.39, 0.29) is 5.91 Å². The first-order valence-electron chi connectivity index (χ1n) is 6.52. The molecule has 0 aliphatic rings. The topological polar surface area (TPSA) is 67.3 Å². The lowest BCUT2D eigenvalue weighted by atomic mass is 10.2. The van der Waals surface area contributed by atoms with Crippen molar-refractivity contribution in [1.29, 1.82) is 0 Å². The second-order valence-electron chi connectivity index (χ2n) is 4.39. The molecular formula is C12H22N4O2S2. The molecule has 6 nitrogen and oxygen atoms in total. The van der Waals surface area contributed by atoms with Crippen molar-refractivity contribution < 1.29 is 9.53 Å². The average Bonchev–Trinajstić information content (AvgIpc) is 2.86. The number of carbonyl (C=O) groups is 1. The lowest BCUT2D eigenvalue weighted by Crippen LogP contribution is -2.21. The van der Waals surface area contributed by atoms with Gasteiger partial charge in [-0.1, -0.05) is 23.1 Å². The number of amides is 1. The number of carbonyl (C=O) groups excluding carboxylic acids is 1. The molecule has 1 aromatic rings. The molecule has 0 aliphatic carbocycles. The molecule has 0 aromatic carbocycles. The predicted octanol–water partition coefficient (Wildman–Crippen LogP) is 1.95. The van der Waals surface area contributed by atoms with Crippen LogP contribution >= 0.6 is 23.1 Å². The molecule has 0 bridgehead atoms. The van der Waals surface area contributed by atoms with Crippen molar-refractivity contribution in [3.8, 4) is 0 Å². The highest BCUT2D eigenvalue weighted by Gasteiger charge is 2.05. The minimum Gasteiger partial charge on any atom is -0.383 e. The highest BCUT2D eigenvalue weighted by molar-refractivity contribution is 8.01. The highest BCUT2D eigenvalue weighted by atomic mass is 32.2. The Labute approximate surface area is 128 Å². The Bertz CT molecular complexity index is 399. The Morgan fingerprint density at radius 2 is 2.20 bits per heavy atom. The number of rotatable bonds is 10. The number of hydrogen-bond acceptors (Lipinski definition) is 7. The van der Waals surface area contributed by atoms with E-state index in [0.29, 0.717) is 13.0 Å². The Morgan fingerprint density at radius 3 is 2.90 bits per heavy atom. The van der Waals surface area contributed by atoms with E-state index in [1.165, 1.54) is 0 Å². The van der Waals surface area contributed by atoms with E-state index >= 15 is 0 Å². The lowest BCUT2D eigenvalue weighted by Gasteiger charge is -2.09. The fourth-order valence-electron chi connectivity index (χ4n) is 1.36. The molecule has 1 rings (SSSR count). The Balaban J connectivity index is 2.11. The first kappa shape index (κ1) is 17.2. The van der Waals surface area contributed by atoms with Gasteiger partial charge < -0.3 is 15.0 Å². The summed E-state index contributed by atoms with van der Waals surface area (Å²) in [6, 6.07) is 0. The van der Waals surface area contributed by atoms with E-state index in [1.54, 1.807) is 49.2 Å². The van der Waals surface area contributed by atoms with Crippen LogP contribution in [0.5, 0.6) is 0 Å². The number of nitrogens with zero attached hydrogens (tertiary/aromatic N) is 3. The zero-order chi connectivity index (χ0) is 14.8. The second-order valence-corrected chi connectivity index (χ2v) is 6.71. The normalized spacial score (nSPS) is 10.6. The molecule has 0 atom stereocenters. The second kappa shape index (κ2) is 9.95. The summed E-state index contributed by atoms with van der Waals surface area (Å²) >= 11 is 3.24. The molecule has 114 valence electrons. The molecule has 0 radical (unpaired) electrons. The van der Waals surface area contributed by atoms with Gasteiger partial charge in [-0.2, -0.15) is 0 Å². The number of nitrogens with one attached hydrogen (secondary N) is 1. The maximum atomic E-state index is 11.4. The molecule has 0 fully saturated rings. The SMILES string of the molecule is COCCNc1nnc(SCCCCC(=O)N(C)C)s1. The number of hydrogen-bond donors (Lipinski definition) is 1. The molecule has 1 aromatic heterocycles. The van der Waals surface area contributed by atoms with Gasteiger partial charge >= 0.3 is 0 Å². The van der Waals surface area contributed by atoms with Crippen molar-refractivity contribution in [2.75, 3.05) is 45.4 Å². The van der Waals surface area contributed by atoms with Crippen LogP contribution in [0.2, 0.25) is 0 Å². The van der Waals surface area contributed by atoms with Gasteiger partial charge in [-0.3, -0.25) is 4.79 Å². The summed E-state index contributed by atoms with van der Waals surface area (Å²) in [4.78, 5) is 13.0. The molecule has 0 unspecified atom stereocenters. The van der Waals surface area contributed by atoms with Gasteiger partial charge in [0, 0.05) is 39.9 Å². The molecule has 0 aliphatic heterocycles. The fourth-order valence-corrected chi connectivity index (χ4v) is 3.21. The first-order chi connectivity index (χ1) is 9.63. The zero-order valence-corrected chi connectivity index (χ0v) is 13.9. The standard InChI is InChI=1S/C12H22N4O2S2/c1-16(2)10(17)6-4-5-9-19-12-15-14-11(20-12)13-7-8-18-3/h4-9H2,1-3H3,(H,13,14). The van der Waals surface area contributed by atoms with Gasteiger partial charge in [0.1, 0.15) is 0 Å². The van der Waals surface area contributed by atoms with Gasteiger partial charge in [-0.25, -0.2) is 0 Å². The van der Waals surface area contributed by atoms with E-state index < -0.39 is 0 Å². The molecule has 0 saturated carbocycles. The van der Waals surface area contributed by atoms with E-state index in [0.717, 1.165) is 34.6 Å². The van der Waals surface area contributed by atoms with Crippen molar-refractivity contribution in [3.05, 3.63) is 0 Å². The van der Waals surface area contributed by atoms with E-state index in [2.05, 4.69) is 15.5 Å². The van der Waals surface area contributed by atoms with Crippen LogP contribution in [0, 0.1) is 0 Å². The summed E-state index contributed by atoms with van der Waals surface area (Å²) in [5, 5.41) is 12.1. The Hall–Kier alpha value is -0.860. The van der Waals surface area contributed by atoms with Gasteiger partial charge in [-0.15, -0.1) is 10.2 Å². The highest BCUT2D eigenvalue weighted by Crippen LogP contribution is 2.26. The summed E-state index contributed by atoms with van der Waals surface area (Å²) in [7, 11) is 5.25. The number of aromatic nitrogens is 2. The van der Waals surface area contributed by atoms with E-state index in [4.69, 9.17) is 4.74 Å². The van der Waals surface area contributed by atoms with Crippen LogP contribution in [0.15, 0.2) is 4.34 Å². The molecule has 0 spiro atoms. The van der Waals surface area contributed by atoms with Crippen LogP contribution in [0.25, 0.3) is 0 Å². The Kier molecular flexibility index (Phi) is 8.56. The summed E-state index contributed by atoms with van der Waals surface area (Å²) in [6.07, 6.45) is 2.55. The van der Waals surface area contributed by atoms with Gasteiger partial charge in [0.25, 0.3) is 0 Å². The quantitative estimate of drug-likeness (QED) is 0.525. The number of unbranched alkanes of at least 4 members (excludes halogenated alkanes) is 1. The molecule has 0 saturated heterocycles. The lowest BCUT2D eigenvalue weighted by molar-refractivity contribution is -0.128. The van der Waals surface area contributed by atoms with Gasteiger partial charge in [0.15, 0.2) is 4.34 Å². The molecule has 1 N–H and O–H groups in total. The van der Waals surface area contributed by atoms with Crippen LogP contribution in [-0.2, 0) is 9.53 Å². The largest absolute Gasteiger partial charge is 0.383 e. The molecule has 1 amide bonds. The maximum Gasteiger partial charge on any atom is 0.222 e. The van der Waals surface area contributed by atoms with Crippen molar-refractivity contribution in [2.24, 2.45) is 0 Å². The number of thioether (sulfide) groups is 1. The maximum absolute atomic E-state index is 11.4. The van der Waals surface area contributed by atoms with Crippen molar-refractivity contribution in [1.82, 2.24) is 15.1 Å². The molecule has 1 heterocycles. The number of anilines is 1. The molecular weight excluding hydrogens is 296 g/mol. The van der Waals surface area contributed by atoms with Crippen LogP contribution in [-0.4, -0.2) is 61.1 Å². The summed E-state index contributed by atoms with van der Waals surface area (Å²) < 4.78 is 5.92. The minimum absolute atomic E-state index is 0.190. The summed E-state index contributed by atoms with van der Waals surface area (Å²) in [6.45, 7) is 1.39. The van der Waals surface area contributed by atoms with Gasteiger partial charge in [0.05, 0.1) is 6.61 Å². The van der Waals surface area contributed by atoms with Crippen LogP contribution in [0.1, 0.15) is 19.3 Å². The third-order valence-corrected chi connectivity index (χ3v) is 4.60. The molecule has 20 heavy (non-hydrogen) atoms. The zero-order valence-electron chi connectivity index (χ0n) is 12.2. The molecule has 8 heteroatoms. The smallest absolute Gasteiger partial charge is 0.222 e. The van der Waals surface area contributed by atoms with Crippen LogP contribution < -0.4 is 5.32 Å². The third kappa shape index (κ3) is 7.06. The van der Waals surface area contributed by atoms with Crippen molar-refractivity contribution in [2.45, 2.75) is 23.6 Å². The number of methoxy groups -OCH3 is 1. The van der Waals surface area contributed by atoms with Crippen molar-refractivity contribution in [3.63, 3.8) is 0 Å². The fraction of sp³-hybridized carbons (Fsp3) is 0.750. The van der Waals surface area contributed by atoms with E-state index in [1.807, 2.05) is 0 Å². The van der Waals surface area contributed by atoms with Crippen LogP contribution in [0.4, 0.5) is 5.13 Å². The summed E-state index contributed by atoms with van der Waals surface area (Å²) in [5.41, 5.74) is 0. The van der Waals surface area contributed by atoms with E-state index in [9.17, 15) is 4.79 Å². The van der Waals surface area contributed by atoms with Gasteiger partial charge in [0.2, 0.25) is 11.0 Å². The average molecular weight is 318 g/mol. The van der Waals surface area contributed by atoms with Crippen molar-refractivity contribution >= 4 is 34.1 Å². The van der Waals surface area contributed by atoms with Crippen LogP contribution in [0.3, 0.4) is 0 Å². The first-order valence-corrected chi connectivity index (χ1v) is 8.33. The number of ether oxygens (including phenoxy) is 1. The third-order valence-electron chi connectivity index (χ3n) is 2.50.